The highest BCUT2D eigenvalue weighted by molar-refractivity contribution is 7.98. The number of thioether (sulfide) groups is 2. The molecule has 0 aromatic carbocycles. The van der Waals surface area contributed by atoms with E-state index in [0.717, 1.165) is 11.4 Å². The fourth-order valence-corrected chi connectivity index (χ4v) is 6.53. The minimum Gasteiger partial charge on any atom is -0.381 e. The van der Waals surface area contributed by atoms with Crippen LogP contribution in [0.2, 0.25) is 0 Å². The van der Waals surface area contributed by atoms with Crippen molar-refractivity contribution in [2.75, 3.05) is 24.7 Å². The van der Waals surface area contributed by atoms with Crippen molar-refractivity contribution < 1.29 is 28.7 Å². The summed E-state index contributed by atoms with van der Waals surface area (Å²) in [7, 11) is 0. The van der Waals surface area contributed by atoms with Crippen LogP contribution in [0.3, 0.4) is 0 Å². The van der Waals surface area contributed by atoms with E-state index in [0.29, 0.717) is 55.5 Å². The van der Waals surface area contributed by atoms with E-state index in [1.807, 2.05) is 45.9 Å². The number of aromatic nitrogens is 1. The van der Waals surface area contributed by atoms with Gasteiger partial charge in [0.1, 0.15) is 17.6 Å². The lowest BCUT2D eigenvalue weighted by Gasteiger charge is -2.37. The summed E-state index contributed by atoms with van der Waals surface area (Å²) in [6.07, 6.45) is 1.83. The van der Waals surface area contributed by atoms with E-state index in [2.05, 4.69) is 20.9 Å². The van der Waals surface area contributed by atoms with Crippen LogP contribution >= 0.6 is 23.5 Å². The van der Waals surface area contributed by atoms with Gasteiger partial charge in [0, 0.05) is 61.9 Å². The number of hydrogen-bond acceptors (Lipinski definition) is 9. The van der Waals surface area contributed by atoms with Gasteiger partial charge in [0.25, 0.3) is 0 Å². The van der Waals surface area contributed by atoms with Crippen molar-refractivity contribution in [2.45, 2.75) is 95.3 Å². The van der Waals surface area contributed by atoms with Crippen molar-refractivity contribution in [3.05, 3.63) is 29.6 Å². The van der Waals surface area contributed by atoms with Gasteiger partial charge in [-0.05, 0) is 36.8 Å². The van der Waals surface area contributed by atoms with Crippen LogP contribution in [-0.2, 0) is 40.2 Å². The van der Waals surface area contributed by atoms with Gasteiger partial charge in [-0.3, -0.25) is 29.0 Å². The average molecular weight is 667 g/mol. The van der Waals surface area contributed by atoms with E-state index in [1.165, 1.54) is 0 Å². The molecule has 1 saturated heterocycles. The molecular weight excluding hydrogens is 617 g/mol. The lowest BCUT2D eigenvalue weighted by molar-refractivity contribution is -0.140. The number of amides is 5. The van der Waals surface area contributed by atoms with Gasteiger partial charge in [-0.25, -0.2) is 0 Å². The number of primary amides is 2. The van der Waals surface area contributed by atoms with Gasteiger partial charge in [-0.15, -0.1) is 0 Å². The van der Waals surface area contributed by atoms with Crippen molar-refractivity contribution in [1.82, 2.24) is 20.9 Å². The smallest absolute Gasteiger partial charge is 0.246 e. The normalized spacial score (nSPS) is 15.7. The molecule has 1 fully saturated rings. The largest absolute Gasteiger partial charge is 0.381 e. The molecule has 2 heterocycles. The number of hydrogen-bond donors (Lipinski definition) is 5. The number of pyridine rings is 1. The molecule has 0 bridgehead atoms. The Kier molecular flexibility index (Phi) is 16.7. The standard InChI is InChI=1S/C31H50N6O6S2/c1-20(2)16-24(28(33)40)35-29(41)25(17-21(3)4)36-30(42)31(10-12-43-13-11-31)37-27(39)9-15-45-19-23-7-5-6-22(34-23)18-44-14-8-26(32)38/h5-7,20-21,24-25H,8-19H2,1-4H3,(H2,32,38)(H2,33,40)(H,35,41)(H,36,42)(H,37,39)/t24-,25-/m0/s1. The molecule has 0 saturated carbocycles. The molecule has 7 N–H and O–H groups in total. The highest BCUT2D eigenvalue weighted by Gasteiger charge is 2.43. The summed E-state index contributed by atoms with van der Waals surface area (Å²) in [5.41, 5.74) is 11.3. The summed E-state index contributed by atoms with van der Waals surface area (Å²) in [5.74, 6) is 0.571. The van der Waals surface area contributed by atoms with E-state index >= 15 is 0 Å². The second-order valence-electron chi connectivity index (χ2n) is 12.2. The van der Waals surface area contributed by atoms with Crippen LogP contribution in [-0.4, -0.2) is 76.9 Å². The van der Waals surface area contributed by atoms with Crippen LogP contribution in [0.1, 0.15) is 77.6 Å². The Balaban J connectivity index is 1.97. The van der Waals surface area contributed by atoms with Crippen molar-refractivity contribution in [3.8, 4) is 0 Å². The Labute approximate surface area is 275 Å². The molecule has 14 heteroatoms. The molecule has 5 amide bonds. The van der Waals surface area contributed by atoms with Crippen LogP contribution in [0, 0.1) is 11.8 Å². The van der Waals surface area contributed by atoms with E-state index in [-0.39, 0.29) is 42.9 Å². The molecule has 1 aromatic rings. The predicted octanol–water partition coefficient (Wildman–Crippen LogP) is 2.03. The first-order chi connectivity index (χ1) is 21.3. The molecule has 0 unspecified atom stereocenters. The van der Waals surface area contributed by atoms with E-state index < -0.39 is 35.3 Å². The van der Waals surface area contributed by atoms with E-state index in [4.69, 9.17) is 16.2 Å². The van der Waals surface area contributed by atoms with Crippen LogP contribution < -0.4 is 27.4 Å². The van der Waals surface area contributed by atoms with Gasteiger partial charge >= 0.3 is 0 Å². The third-order valence-corrected chi connectivity index (χ3v) is 9.17. The molecule has 12 nitrogen and oxygen atoms in total. The number of nitrogens with zero attached hydrogens (tertiary/aromatic N) is 1. The minimum absolute atomic E-state index is 0.0752. The molecular formula is C31H50N6O6S2. The van der Waals surface area contributed by atoms with Gasteiger partial charge in [-0.2, -0.15) is 23.5 Å². The Morgan fingerprint density at radius 2 is 1.42 bits per heavy atom. The number of nitrogens with two attached hydrogens (primary N) is 2. The van der Waals surface area contributed by atoms with Gasteiger partial charge in [0.15, 0.2) is 0 Å². The van der Waals surface area contributed by atoms with Crippen molar-refractivity contribution in [1.29, 1.82) is 0 Å². The molecule has 2 rings (SSSR count). The Bertz CT molecular complexity index is 1150. The lowest BCUT2D eigenvalue weighted by atomic mass is 9.87. The fraction of sp³-hybridized carbons (Fsp3) is 0.677. The summed E-state index contributed by atoms with van der Waals surface area (Å²) in [4.78, 5) is 67.6. The first kappa shape index (κ1) is 38.3. The molecule has 1 aromatic heterocycles. The summed E-state index contributed by atoms with van der Waals surface area (Å²) in [6.45, 7) is 8.32. The first-order valence-electron chi connectivity index (χ1n) is 15.5. The van der Waals surface area contributed by atoms with Crippen LogP contribution in [0.25, 0.3) is 0 Å². The lowest BCUT2D eigenvalue weighted by Crippen LogP contribution is -2.64. The maximum absolute atomic E-state index is 13.7. The highest BCUT2D eigenvalue weighted by Crippen LogP contribution is 2.23. The maximum atomic E-state index is 13.7. The van der Waals surface area contributed by atoms with E-state index in [9.17, 15) is 24.0 Å². The summed E-state index contributed by atoms with van der Waals surface area (Å²) >= 11 is 3.17. The fourth-order valence-electron chi connectivity index (χ4n) is 4.83. The number of carbonyl (C=O) groups is 5. The minimum atomic E-state index is -1.21. The van der Waals surface area contributed by atoms with Gasteiger partial charge < -0.3 is 32.2 Å². The Morgan fingerprint density at radius 1 is 0.867 bits per heavy atom. The second-order valence-corrected chi connectivity index (χ2v) is 14.4. The van der Waals surface area contributed by atoms with Gasteiger partial charge in [0.2, 0.25) is 29.5 Å². The summed E-state index contributed by atoms with van der Waals surface area (Å²) in [5, 5.41) is 8.54. The molecule has 1 aliphatic rings. The first-order valence-corrected chi connectivity index (χ1v) is 17.8. The number of carbonyl (C=O) groups excluding carboxylic acids is 5. The van der Waals surface area contributed by atoms with Crippen LogP contribution in [0.5, 0.6) is 0 Å². The zero-order valence-electron chi connectivity index (χ0n) is 26.9. The molecule has 1 aliphatic heterocycles. The van der Waals surface area contributed by atoms with Gasteiger partial charge in [-0.1, -0.05) is 33.8 Å². The number of rotatable bonds is 20. The van der Waals surface area contributed by atoms with Gasteiger partial charge in [0.05, 0.1) is 11.4 Å². The van der Waals surface area contributed by atoms with Crippen molar-refractivity contribution >= 4 is 53.1 Å². The average Bonchev–Trinajstić information content (AvgIpc) is 2.97. The molecule has 252 valence electrons. The Morgan fingerprint density at radius 3 is 1.96 bits per heavy atom. The summed E-state index contributed by atoms with van der Waals surface area (Å²) in [6, 6.07) is 4.07. The molecule has 2 atom stereocenters. The molecule has 0 aliphatic carbocycles. The second kappa shape index (κ2) is 19.6. The quantitative estimate of drug-likeness (QED) is 0.129. The zero-order chi connectivity index (χ0) is 33.4. The Hall–Kier alpha value is -2.84. The predicted molar refractivity (Wildman–Crippen MR) is 178 cm³/mol. The SMILES string of the molecule is CC(C)C[C@H](NC(=O)[C@H](CC(C)C)NC(=O)C1(NC(=O)CCSCc2cccc(CSCCC(N)=O)n2)CCOCC1)C(N)=O. The molecule has 0 radical (unpaired) electrons. The van der Waals surface area contributed by atoms with Crippen molar-refractivity contribution in [3.63, 3.8) is 0 Å². The topological polar surface area (TPSA) is 196 Å². The maximum Gasteiger partial charge on any atom is 0.246 e. The number of nitrogens with one attached hydrogen (secondary N) is 3. The zero-order valence-corrected chi connectivity index (χ0v) is 28.5. The monoisotopic (exact) mass is 666 g/mol. The molecule has 45 heavy (non-hydrogen) atoms. The van der Waals surface area contributed by atoms with Crippen LogP contribution in [0.4, 0.5) is 0 Å². The summed E-state index contributed by atoms with van der Waals surface area (Å²) < 4.78 is 5.49. The number of ether oxygens (including phenoxy) is 1. The molecule has 0 spiro atoms. The highest BCUT2D eigenvalue weighted by atomic mass is 32.2. The van der Waals surface area contributed by atoms with Crippen LogP contribution in [0.15, 0.2) is 18.2 Å². The van der Waals surface area contributed by atoms with Crippen molar-refractivity contribution in [2.24, 2.45) is 23.3 Å². The van der Waals surface area contributed by atoms with E-state index in [1.54, 1.807) is 23.5 Å². The third-order valence-electron chi connectivity index (χ3n) is 7.19. The third kappa shape index (κ3) is 14.4.